The summed E-state index contributed by atoms with van der Waals surface area (Å²) in [7, 11) is 1.78. The van der Waals surface area contributed by atoms with E-state index in [0.29, 0.717) is 24.5 Å². The molecule has 0 fully saturated rings. The number of hydrogen-bond acceptors (Lipinski definition) is 6. The fourth-order valence-corrected chi connectivity index (χ4v) is 1.69. The van der Waals surface area contributed by atoms with Gasteiger partial charge in [0.2, 0.25) is 0 Å². The Balaban J connectivity index is 2.89. The predicted octanol–water partition coefficient (Wildman–Crippen LogP) is 1.74. The van der Waals surface area contributed by atoms with Crippen LogP contribution >= 0.6 is 0 Å². The molecule has 0 aliphatic rings. The summed E-state index contributed by atoms with van der Waals surface area (Å²) >= 11 is 0. The van der Waals surface area contributed by atoms with E-state index in [1.54, 1.807) is 30.1 Å². The van der Waals surface area contributed by atoms with Crippen LogP contribution in [-0.2, 0) is 4.74 Å². The standard InChI is InChI=1S/C12H20N4O3/c1-9(2)19-8-7-15(3)11-6-4-5-10(14-13)12(11)16(17)18/h4-6,9,14H,7-8,13H2,1-3H3. The van der Waals surface area contributed by atoms with Crippen LogP contribution in [0.2, 0.25) is 0 Å². The Morgan fingerprint density at radius 2 is 2.21 bits per heavy atom. The maximum atomic E-state index is 11.1. The van der Waals surface area contributed by atoms with E-state index < -0.39 is 4.92 Å². The minimum Gasteiger partial charge on any atom is -0.377 e. The monoisotopic (exact) mass is 268 g/mol. The molecule has 1 aromatic carbocycles. The van der Waals surface area contributed by atoms with Crippen molar-refractivity contribution in [3.05, 3.63) is 28.3 Å². The SMILES string of the molecule is CC(C)OCCN(C)c1cccc(NN)c1[N+](=O)[O-]. The molecule has 19 heavy (non-hydrogen) atoms. The summed E-state index contributed by atoms with van der Waals surface area (Å²) in [5, 5.41) is 11.1. The third kappa shape index (κ3) is 4.08. The van der Waals surface area contributed by atoms with E-state index in [2.05, 4.69) is 5.43 Å². The van der Waals surface area contributed by atoms with Crippen LogP contribution in [0.3, 0.4) is 0 Å². The van der Waals surface area contributed by atoms with Crippen LogP contribution in [0.15, 0.2) is 18.2 Å². The maximum absolute atomic E-state index is 11.1. The normalized spacial score (nSPS) is 10.6. The molecule has 0 aliphatic carbocycles. The zero-order valence-electron chi connectivity index (χ0n) is 11.4. The Kier molecular flexibility index (Phi) is 5.53. The first-order valence-corrected chi connectivity index (χ1v) is 6.04. The fourth-order valence-electron chi connectivity index (χ4n) is 1.69. The molecule has 0 saturated carbocycles. The van der Waals surface area contributed by atoms with Crippen molar-refractivity contribution in [1.82, 2.24) is 0 Å². The van der Waals surface area contributed by atoms with Gasteiger partial charge in [-0.25, -0.2) is 0 Å². The predicted molar refractivity (Wildman–Crippen MR) is 75.3 cm³/mol. The Morgan fingerprint density at radius 3 is 2.74 bits per heavy atom. The second-order valence-electron chi connectivity index (χ2n) is 4.42. The highest BCUT2D eigenvalue weighted by atomic mass is 16.6. The number of nitrogens with one attached hydrogen (secondary N) is 1. The van der Waals surface area contributed by atoms with Crippen LogP contribution in [0.4, 0.5) is 17.1 Å². The third-order valence-corrected chi connectivity index (χ3v) is 2.64. The minimum atomic E-state index is -0.440. The number of nitrogen functional groups attached to an aromatic ring is 1. The number of nitro groups is 1. The molecule has 3 N–H and O–H groups in total. The molecule has 0 unspecified atom stereocenters. The van der Waals surface area contributed by atoms with Gasteiger partial charge in [0, 0.05) is 13.6 Å². The number of anilines is 2. The van der Waals surface area contributed by atoms with E-state index in [4.69, 9.17) is 10.6 Å². The van der Waals surface area contributed by atoms with E-state index in [1.165, 1.54) is 0 Å². The van der Waals surface area contributed by atoms with Crippen molar-refractivity contribution < 1.29 is 9.66 Å². The molecule has 0 heterocycles. The summed E-state index contributed by atoms with van der Waals surface area (Å²) in [5.74, 6) is 5.30. The summed E-state index contributed by atoms with van der Waals surface area (Å²) < 4.78 is 5.44. The summed E-state index contributed by atoms with van der Waals surface area (Å²) in [6.07, 6.45) is 0.139. The van der Waals surface area contributed by atoms with Crippen LogP contribution in [-0.4, -0.2) is 31.2 Å². The number of nitrogens with two attached hydrogens (primary N) is 1. The lowest BCUT2D eigenvalue weighted by Crippen LogP contribution is -2.25. The third-order valence-electron chi connectivity index (χ3n) is 2.64. The van der Waals surface area contributed by atoms with Crippen molar-refractivity contribution in [3.63, 3.8) is 0 Å². The molecule has 7 heteroatoms. The number of rotatable bonds is 7. The summed E-state index contributed by atoms with van der Waals surface area (Å²) in [6.45, 7) is 4.96. The Bertz CT molecular complexity index is 437. The smallest absolute Gasteiger partial charge is 0.316 e. The highest BCUT2D eigenvalue weighted by molar-refractivity contribution is 5.76. The van der Waals surface area contributed by atoms with Gasteiger partial charge in [0.1, 0.15) is 11.4 Å². The van der Waals surface area contributed by atoms with Gasteiger partial charge in [-0.1, -0.05) is 6.07 Å². The molecule has 1 rings (SSSR count). The Labute approximate surface area is 112 Å². The molecule has 0 amide bonds. The number of nitrogens with zero attached hydrogens (tertiary/aromatic N) is 2. The highest BCUT2D eigenvalue weighted by Gasteiger charge is 2.21. The van der Waals surface area contributed by atoms with Gasteiger partial charge in [-0.15, -0.1) is 0 Å². The summed E-state index contributed by atoms with van der Waals surface area (Å²) in [5.41, 5.74) is 3.11. The quantitative estimate of drug-likeness (QED) is 0.444. The zero-order valence-corrected chi connectivity index (χ0v) is 11.4. The fraction of sp³-hybridized carbons (Fsp3) is 0.500. The molecule has 0 aliphatic heterocycles. The maximum Gasteiger partial charge on any atom is 0.316 e. The van der Waals surface area contributed by atoms with Crippen LogP contribution < -0.4 is 16.2 Å². The van der Waals surface area contributed by atoms with Gasteiger partial charge in [-0.2, -0.15) is 0 Å². The number of benzene rings is 1. The molecular formula is C12H20N4O3. The molecule has 106 valence electrons. The van der Waals surface area contributed by atoms with Gasteiger partial charge >= 0.3 is 5.69 Å². The van der Waals surface area contributed by atoms with E-state index >= 15 is 0 Å². The van der Waals surface area contributed by atoms with Gasteiger partial charge in [0.15, 0.2) is 0 Å². The molecule has 1 aromatic rings. The van der Waals surface area contributed by atoms with Crippen LogP contribution in [0.5, 0.6) is 0 Å². The number of hydrazine groups is 1. The number of ether oxygens (including phenoxy) is 1. The van der Waals surface area contributed by atoms with Gasteiger partial charge in [0.05, 0.1) is 17.6 Å². The molecule has 0 spiro atoms. The molecule has 0 atom stereocenters. The molecule has 0 bridgehead atoms. The summed E-state index contributed by atoms with van der Waals surface area (Å²) in [4.78, 5) is 12.5. The lowest BCUT2D eigenvalue weighted by Gasteiger charge is -2.20. The second kappa shape index (κ2) is 6.91. The van der Waals surface area contributed by atoms with Gasteiger partial charge in [0.25, 0.3) is 0 Å². The summed E-state index contributed by atoms with van der Waals surface area (Å²) in [6, 6.07) is 4.98. The second-order valence-corrected chi connectivity index (χ2v) is 4.42. The van der Waals surface area contributed by atoms with Crippen molar-refractivity contribution in [2.24, 2.45) is 5.84 Å². The van der Waals surface area contributed by atoms with Gasteiger partial charge in [-0.05, 0) is 26.0 Å². The number of para-hydroxylation sites is 1. The molecule has 0 aromatic heterocycles. The largest absolute Gasteiger partial charge is 0.377 e. The average Bonchev–Trinajstić information content (AvgIpc) is 2.36. The molecule has 7 nitrogen and oxygen atoms in total. The van der Waals surface area contributed by atoms with E-state index in [9.17, 15) is 10.1 Å². The lowest BCUT2D eigenvalue weighted by atomic mass is 10.2. The topological polar surface area (TPSA) is 93.7 Å². The number of hydrogen-bond donors (Lipinski definition) is 2. The van der Waals surface area contributed by atoms with E-state index in [1.807, 2.05) is 13.8 Å². The van der Waals surface area contributed by atoms with Gasteiger partial charge in [-0.3, -0.25) is 16.0 Å². The Hall–Kier alpha value is -1.86. The first-order valence-electron chi connectivity index (χ1n) is 6.04. The van der Waals surface area contributed by atoms with Crippen LogP contribution in [0.1, 0.15) is 13.8 Å². The van der Waals surface area contributed by atoms with E-state index in [0.717, 1.165) is 0 Å². The molecule has 0 radical (unpaired) electrons. The highest BCUT2D eigenvalue weighted by Crippen LogP contribution is 2.34. The van der Waals surface area contributed by atoms with Crippen LogP contribution in [0, 0.1) is 10.1 Å². The first kappa shape index (κ1) is 15.2. The Morgan fingerprint density at radius 1 is 1.53 bits per heavy atom. The van der Waals surface area contributed by atoms with Crippen molar-refractivity contribution in [2.75, 3.05) is 30.5 Å². The molecular weight excluding hydrogens is 248 g/mol. The van der Waals surface area contributed by atoms with Gasteiger partial charge < -0.3 is 15.1 Å². The first-order chi connectivity index (χ1) is 8.97. The van der Waals surface area contributed by atoms with Crippen molar-refractivity contribution >= 4 is 17.1 Å². The van der Waals surface area contributed by atoms with Crippen molar-refractivity contribution in [2.45, 2.75) is 20.0 Å². The zero-order chi connectivity index (χ0) is 14.4. The molecule has 0 saturated heterocycles. The number of likely N-dealkylation sites (N-methyl/N-ethyl adjacent to an activating group) is 1. The van der Waals surface area contributed by atoms with Crippen molar-refractivity contribution in [1.29, 1.82) is 0 Å². The minimum absolute atomic E-state index is 0.0305. The lowest BCUT2D eigenvalue weighted by molar-refractivity contribution is -0.383. The van der Waals surface area contributed by atoms with E-state index in [-0.39, 0.29) is 11.8 Å². The number of nitro benzene ring substituents is 1. The van der Waals surface area contributed by atoms with Crippen LogP contribution in [0.25, 0.3) is 0 Å². The average molecular weight is 268 g/mol. The van der Waals surface area contributed by atoms with Crippen molar-refractivity contribution in [3.8, 4) is 0 Å².